The predicted octanol–water partition coefficient (Wildman–Crippen LogP) is 2.55. The number of aryl methyl sites for hydroxylation is 1. The van der Waals surface area contributed by atoms with Crippen LogP contribution in [0.25, 0.3) is 0 Å². The number of carbonyl (C=O) groups is 1. The minimum absolute atomic E-state index is 0.0382. The molecule has 0 saturated heterocycles. The van der Waals surface area contributed by atoms with Crippen LogP contribution in [-0.4, -0.2) is 24.7 Å². The minimum Gasteiger partial charge on any atom is -0.478 e. The number of carboxylic acids is 1. The van der Waals surface area contributed by atoms with Crippen molar-refractivity contribution in [2.24, 2.45) is 0 Å². The average Bonchev–Trinajstić information content (AvgIpc) is 2.76. The van der Waals surface area contributed by atoms with Crippen LogP contribution in [0.1, 0.15) is 21.6 Å². The van der Waals surface area contributed by atoms with Gasteiger partial charge in [-0.1, -0.05) is 21.1 Å². The number of aromatic nitrogens is 1. The number of nitrogens with zero attached hydrogens (tertiary/aromatic N) is 1. The zero-order valence-corrected chi connectivity index (χ0v) is 13.4. The minimum atomic E-state index is -3.99. The largest absolute Gasteiger partial charge is 0.478 e. The van der Waals surface area contributed by atoms with E-state index < -0.39 is 16.0 Å². The summed E-state index contributed by atoms with van der Waals surface area (Å²) in [5, 5.41) is 12.6. The molecule has 0 aliphatic rings. The van der Waals surface area contributed by atoms with E-state index in [-0.39, 0.29) is 16.3 Å². The molecule has 0 unspecified atom stereocenters. The average molecular weight is 375 g/mol. The van der Waals surface area contributed by atoms with E-state index in [1.165, 1.54) is 12.1 Å². The summed E-state index contributed by atoms with van der Waals surface area (Å²) in [6.07, 6.45) is 0. The Morgan fingerprint density at radius 1 is 1.33 bits per heavy atom. The Bertz CT molecular complexity index is 813. The number of hydrogen-bond donors (Lipinski definition) is 2. The highest BCUT2D eigenvalue weighted by atomic mass is 79.9. The van der Waals surface area contributed by atoms with Gasteiger partial charge in [-0.2, -0.15) is 0 Å². The fourth-order valence-corrected chi connectivity index (χ4v) is 3.51. The Balaban J connectivity index is 2.51. The Hall–Kier alpha value is -1.87. The van der Waals surface area contributed by atoms with Crippen molar-refractivity contribution in [3.63, 3.8) is 0 Å². The van der Waals surface area contributed by atoms with Crippen LogP contribution in [0.5, 0.6) is 0 Å². The van der Waals surface area contributed by atoms with Crippen molar-refractivity contribution in [1.29, 1.82) is 0 Å². The summed E-state index contributed by atoms with van der Waals surface area (Å²) in [7, 11) is -3.99. The molecule has 0 saturated carbocycles. The van der Waals surface area contributed by atoms with Crippen LogP contribution in [0.3, 0.4) is 0 Å². The number of benzene rings is 1. The smallest absolute Gasteiger partial charge is 0.335 e. The maximum Gasteiger partial charge on any atom is 0.335 e. The normalized spacial score (nSPS) is 11.4. The van der Waals surface area contributed by atoms with Gasteiger partial charge in [0.05, 0.1) is 16.2 Å². The standard InChI is InChI=1S/C12H11BrN2O5S/c1-6-3-11(20-14-6)15-21(18,19)10-5-8(12(16)17)4-9(13)7(10)2/h3-5,15H,1-2H3,(H,16,17). The summed E-state index contributed by atoms with van der Waals surface area (Å²) >= 11 is 3.16. The molecule has 0 amide bonds. The monoisotopic (exact) mass is 374 g/mol. The molecule has 0 bridgehead atoms. The van der Waals surface area contributed by atoms with Crippen molar-refractivity contribution in [3.8, 4) is 0 Å². The van der Waals surface area contributed by atoms with Crippen molar-refractivity contribution < 1.29 is 22.8 Å². The van der Waals surface area contributed by atoms with Crippen molar-refractivity contribution in [2.45, 2.75) is 18.7 Å². The lowest BCUT2D eigenvalue weighted by Gasteiger charge is -2.10. The van der Waals surface area contributed by atoms with Gasteiger partial charge in [-0.05, 0) is 31.5 Å². The van der Waals surface area contributed by atoms with E-state index >= 15 is 0 Å². The zero-order chi connectivity index (χ0) is 15.8. The summed E-state index contributed by atoms with van der Waals surface area (Å²) in [6.45, 7) is 3.21. The van der Waals surface area contributed by atoms with Crippen LogP contribution in [-0.2, 0) is 10.0 Å². The van der Waals surface area contributed by atoms with Gasteiger partial charge in [-0.15, -0.1) is 0 Å². The second-order valence-electron chi connectivity index (χ2n) is 4.32. The van der Waals surface area contributed by atoms with E-state index in [1.54, 1.807) is 13.8 Å². The molecule has 2 rings (SSSR count). The summed E-state index contributed by atoms with van der Waals surface area (Å²) < 4.78 is 32.1. The lowest BCUT2D eigenvalue weighted by molar-refractivity contribution is 0.0696. The maximum absolute atomic E-state index is 12.3. The Labute approximate surface area is 129 Å². The van der Waals surface area contributed by atoms with Gasteiger partial charge in [0, 0.05) is 10.5 Å². The molecule has 0 atom stereocenters. The number of hydrogen-bond acceptors (Lipinski definition) is 5. The van der Waals surface area contributed by atoms with Gasteiger partial charge in [0.1, 0.15) is 0 Å². The Kier molecular flexibility index (Phi) is 4.06. The molecule has 2 N–H and O–H groups in total. The predicted molar refractivity (Wildman–Crippen MR) is 77.9 cm³/mol. The molecule has 112 valence electrons. The summed E-state index contributed by atoms with van der Waals surface area (Å²) in [6, 6.07) is 3.85. The first kappa shape index (κ1) is 15.5. The van der Waals surface area contributed by atoms with Crippen LogP contribution >= 0.6 is 15.9 Å². The van der Waals surface area contributed by atoms with Crippen LogP contribution in [0, 0.1) is 13.8 Å². The molecule has 7 nitrogen and oxygen atoms in total. The lowest BCUT2D eigenvalue weighted by Crippen LogP contribution is -2.15. The molecule has 0 fully saturated rings. The molecule has 21 heavy (non-hydrogen) atoms. The summed E-state index contributed by atoms with van der Waals surface area (Å²) in [4.78, 5) is 10.9. The third kappa shape index (κ3) is 3.24. The number of nitrogens with one attached hydrogen (secondary N) is 1. The first-order chi connectivity index (χ1) is 9.70. The quantitative estimate of drug-likeness (QED) is 0.850. The lowest BCUT2D eigenvalue weighted by atomic mass is 10.1. The third-order valence-corrected chi connectivity index (χ3v) is 4.99. The molecular weight excluding hydrogens is 364 g/mol. The van der Waals surface area contributed by atoms with E-state index in [0.717, 1.165) is 6.07 Å². The van der Waals surface area contributed by atoms with E-state index in [1.807, 2.05) is 0 Å². The van der Waals surface area contributed by atoms with E-state index in [4.69, 9.17) is 9.63 Å². The van der Waals surface area contributed by atoms with Crippen molar-refractivity contribution in [1.82, 2.24) is 5.16 Å². The molecular formula is C12H11BrN2O5S. The van der Waals surface area contributed by atoms with Gasteiger partial charge in [0.2, 0.25) is 5.88 Å². The van der Waals surface area contributed by atoms with Gasteiger partial charge in [0.15, 0.2) is 0 Å². The van der Waals surface area contributed by atoms with Crippen molar-refractivity contribution in [2.75, 3.05) is 4.72 Å². The van der Waals surface area contributed by atoms with Gasteiger partial charge >= 0.3 is 5.97 Å². The van der Waals surface area contributed by atoms with Crippen LogP contribution < -0.4 is 4.72 Å². The molecule has 0 spiro atoms. The maximum atomic E-state index is 12.3. The van der Waals surface area contributed by atoms with E-state index in [9.17, 15) is 13.2 Å². The first-order valence-electron chi connectivity index (χ1n) is 5.70. The molecule has 1 aromatic heterocycles. The highest BCUT2D eigenvalue weighted by Gasteiger charge is 2.22. The molecule has 0 aliphatic carbocycles. The number of halogens is 1. The third-order valence-electron chi connectivity index (χ3n) is 2.70. The molecule has 0 aliphatic heterocycles. The van der Waals surface area contributed by atoms with Crippen LogP contribution in [0.15, 0.2) is 32.1 Å². The number of rotatable bonds is 4. The SMILES string of the molecule is Cc1cc(NS(=O)(=O)c2cc(C(=O)O)cc(Br)c2C)on1. The van der Waals surface area contributed by atoms with Crippen molar-refractivity contribution >= 4 is 37.8 Å². The zero-order valence-electron chi connectivity index (χ0n) is 11.0. The number of sulfonamides is 1. The second-order valence-corrected chi connectivity index (χ2v) is 6.83. The number of carboxylic acid groups (broad SMARTS) is 1. The first-order valence-corrected chi connectivity index (χ1v) is 7.98. The van der Waals surface area contributed by atoms with Gasteiger partial charge < -0.3 is 9.63 Å². The van der Waals surface area contributed by atoms with Gasteiger partial charge in [-0.3, -0.25) is 0 Å². The van der Waals surface area contributed by atoms with E-state index in [0.29, 0.717) is 15.7 Å². The van der Waals surface area contributed by atoms with E-state index in [2.05, 4.69) is 25.8 Å². The van der Waals surface area contributed by atoms with Crippen molar-refractivity contribution in [3.05, 3.63) is 39.5 Å². The summed E-state index contributed by atoms with van der Waals surface area (Å²) in [5.74, 6) is -1.26. The van der Waals surface area contributed by atoms with Crippen LogP contribution in [0.2, 0.25) is 0 Å². The van der Waals surface area contributed by atoms with Gasteiger partial charge in [0.25, 0.3) is 10.0 Å². The highest BCUT2D eigenvalue weighted by molar-refractivity contribution is 9.10. The highest BCUT2D eigenvalue weighted by Crippen LogP contribution is 2.27. The molecule has 0 radical (unpaired) electrons. The number of aromatic carboxylic acids is 1. The second kappa shape index (κ2) is 5.49. The summed E-state index contributed by atoms with van der Waals surface area (Å²) in [5.41, 5.74) is 0.773. The Morgan fingerprint density at radius 3 is 2.52 bits per heavy atom. The molecule has 1 heterocycles. The van der Waals surface area contributed by atoms with Gasteiger partial charge in [-0.25, -0.2) is 17.9 Å². The fourth-order valence-electron chi connectivity index (χ4n) is 1.66. The number of anilines is 1. The topological polar surface area (TPSA) is 110 Å². The fraction of sp³-hybridized carbons (Fsp3) is 0.167. The molecule has 9 heteroatoms. The molecule has 2 aromatic rings. The van der Waals surface area contributed by atoms with Crippen LogP contribution in [0.4, 0.5) is 5.88 Å². The molecule has 1 aromatic carbocycles. The Morgan fingerprint density at radius 2 is 2.00 bits per heavy atom.